The van der Waals surface area contributed by atoms with E-state index >= 15 is 0 Å². The summed E-state index contributed by atoms with van der Waals surface area (Å²) in [6.45, 7) is 2.81. The minimum Gasteiger partial charge on any atom is -0.491 e. The van der Waals surface area contributed by atoms with Gasteiger partial charge in [-0.15, -0.1) is 0 Å². The molecule has 1 saturated carbocycles. The molecule has 21 heavy (non-hydrogen) atoms. The highest BCUT2D eigenvalue weighted by Gasteiger charge is 2.24. The molecule has 1 aliphatic rings. The first-order valence-electron chi connectivity index (χ1n) is 7.56. The van der Waals surface area contributed by atoms with Crippen LogP contribution in [-0.4, -0.2) is 30.4 Å². The van der Waals surface area contributed by atoms with E-state index in [1.807, 2.05) is 24.3 Å². The van der Waals surface area contributed by atoms with Crippen molar-refractivity contribution in [2.75, 3.05) is 13.2 Å². The van der Waals surface area contributed by atoms with Crippen molar-refractivity contribution in [3.8, 4) is 5.75 Å². The third-order valence-corrected chi connectivity index (χ3v) is 3.94. The number of amides is 2. The molecule has 2 rings (SSSR count). The van der Waals surface area contributed by atoms with Crippen molar-refractivity contribution < 1.29 is 14.6 Å². The second-order valence-electron chi connectivity index (χ2n) is 5.52. The lowest BCUT2D eigenvalue weighted by Gasteiger charge is -2.18. The van der Waals surface area contributed by atoms with Crippen LogP contribution in [0.1, 0.15) is 31.7 Å². The third-order valence-electron chi connectivity index (χ3n) is 3.94. The van der Waals surface area contributed by atoms with E-state index in [9.17, 15) is 4.79 Å². The molecule has 0 heterocycles. The number of rotatable bonds is 6. The summed E-state index contributed by atoms with van der Waals surface area (Å²) < 4.78 is 5.45. The summed E-state index contributed by atoms with van der Waals surface area (Å²) in [5.41, 5.74) is 0.903. The number of carbonyl (C=O) groups is 1. The van der Waals surface area contributed by atoms with Crippen LogP contribution in [0.5, 0.6) is 5.75 Å². The van der Waals surface area contributed by atoms with Gasteiger partial charge in [0, 0.05) is 18.2 Å². The van der Waals surface area contributed by atoms with Crippen LogP contribution in [0, 0.1) is 5.92 Å². The second-order valence-corrected chi connectivity index (χ2v) is 5.52. The molecule has 0 aromatic heterocycles. The maximum Gasteiger partial charge on any atom is 0.315 e. The number of carbonyl (C=O) groups excluding carboxylic acids is 1. The minimum atomic E-state index is -0.134. The highest BCUT2D eigenvalue weighted by Crippen LogP contribution is 2.24. The lowest BCUT2D eigenvalue weighted by molar-refractivity contribution is 0.200. The fourth-order valence-electron chi connectivity index (χ4n) is 2.70. The quantitative estimate of drug-likeness (QED) is 0.751. The topological polar surface area (TPSA) is 70.6 Å². The first-order valence-corrected chi connectivity index (χ1v) is 7.56. The number of urea groups is 1. The molecule has 0 bridgehead atoms. The highest BCUT2D eigenvalue weighted by molar-refractivity contribution is 5.74. The van der Waals surface area contributed by atoms with Gasteiger partial charge in [0.2, 0.25) is 0 Å². The molecule has 5 heteroatoms. The molecule has 1 fully saturated rings. The Balaban J connectivity index is 1.83. The summed E-state index contributed by atoms with van der Waals surface area (Å²) in [5.74, 6) is 1.25. The van der Waals surface area contributed by atoms with Crippen LogP contribution in [0.15, 0.2) is 24.3 Å². The van der Waals surface area contributed by atoms with Crippen LogP contribution in [0.25, 0.3) is 0 Å². The molecule has 0 spiro atoms. The molecule has 2 atom stereocenters. The zero-order valence-corrected chi connectivity index (χ0v) is 12.5. The molecule has 1 aromatic carbocycles. The molecule has 0 aliphatic heterocycles. The maximum absolute atomic E-state index is 11.9. The number of para-hydroxylation sites is 1. The summed E-state index contributed by atoms with van der Waals surface area (Å²) in [6.07, 6.45) is 3.43. The van der Waals surface area contributed by atoms with Crippen LogP contribution in [0.2, 0.25) is 0 Å². The number of aliphatic hydroxyl groups is 1. The number of hydrogen-bond acceptors (Lipinski definition) is 3. The van der Waals surface area contributed by atoms with E-state index < -0.39 is 0 Å². The van der Waals surface area contributed by atoms with Gasteiger partial charge in [-0.3, -0.25) is 0 Å². The molecule has 2 amide bonds. The van der Waals surface area contributed by atoms with Gasteiger partial charge in [-0.1, -0.05) is 31.5 Å². The molecular formula is C16H24N2O3. The van der Waals surface area contributed by atoms with Crippen molar-refractivity contribution in [1.82, 2.24) is 10.6 Å². The Morgan fingerprint density at radius 1 is 1.38 bits per heavy atom. The predicted octanol–water partition coefficient (Wildman–Crippen LogP) is 2.05. The van der Waals surface area contributed by atoms with Crippen LogP contribution >= 0.6 is 0 Å². The zero-order chi connectivity index (χ0) is 15.1. The van der Waals surface area contributed by atoms with E-state index in [1.165, 1.54) is 12.8 Å². The van der Waals surface area contributed by atoms with E-state index in [4.69, 9.17) is 9.84 Å². The number of nitrogens with one attached hydrogen (secondary N) is 2. The van der Waals surface area contributed by atoms with Crippen molar-refractivity contribution >= 4 is 6.03 Å². The third kappa shape index (κ3) is 4.63. The fourth-order valence-corrected chi connectivity index (χ4v) is 2.70. The van der Waals surface area contributed by atoms with Crippen molar-refractivity contribution in [1.29, 1.82) is 0 Å². The van der Waals surface area contributed by atoms with Crippen LogP contribution in [-0.2, 0) is 6.54 Å². The van der Waals surface area contributed by atoms with E-state index in [-0.39, 0.29) is 25.3 Å². The Morgan fingerprint density at radius 2 is 2.19 bits per heavy atom. The van der Waals surface area contributed by atoms with Gasteiger partial charge in [-0.25, -0.2) is 4.79 Å². The Morgan fingerprint density at radius 3 is 2.90 bits per heavy atom. The normalized spacial score (nSPS) is 21.0. The molecule has 116 valence electrons. The molecule has 3 N–H and O–H groups in total. The van der Waals surface area contributed by atoms with Crippen LogP contribution < -0.4 is 15.4 Å². The molecule has 2 unspecified atom stereocenters. The lowest BCUT2D eigenvalue weighted by atomic mass is 10.1. The summed E-state index contributed by atoms with van der Waals surface area (Å²) in [4.78, 5) is 11.9. The number of benzene rings is 1. The average molecular weight is 292 g/mol. The van der Waals surface area contributed by atoms with Crippen molar-refractivity contribution in [2.45, 2.75) is 38.8 Å². The first kappa shape index (κ1) is 15.6. The standard InChI is InChI=1S/C16H24N2O3/c1-12-5-4-7-14(12)18-16(20)17-11-13-6-2-3-8-15(13)21-10-9-19/h2-3,6,8,12,14,19H,4-5,7,9-11H2,1H3,(H2,17,18,20). The summed E-state index contributed by atoms with van der Waals surface area (Å²) in [6, 6.07) is 7.67. The first-order chi connectivity index (χ1) is 10.2. The molecule has 1 aromatic rings. The molecule has 1 aliphatic carbocycles. The van der Waals surface area contributed by atoms with Crippen molar-refractivity contribution in [3.63, 3.8) is 0 Å². The summed E-state index contributed by atoms with van der Waals surface area (Å²) in [5, 5.41) is 14.7. The smallest absolute Gasteiger partial charge is 0.315 e. The van der Waals surface area contributed by atoms with Crippen LogP contribution in [0.3, 0.4) is 0 Å². The lowest BCUT2D eigenvalue weighted by Crippen LogP contribution is -2.42. The fraction of sp³-hybridized carbons (Fsp3) is 0.562. The maximum atomic E-state index is 11.9. The highest BCUT2D eigenvalue weighted by atomic mass is 16.5. The Kier molecular flexibility index (Phi) is 5.87. The van der Waals surface area contributed by atoms with Crippen molar-refractivity contribution in [3.05, 3.63) is 29.8 Å². The van der Waals surface area contributed by atoms with Gasteiger partial charge in [0.15, 0.2) is 0 Å². The van der Waals surface area contributed by atoms with Gasteiger partial charge in [0.25, 0.3) is 0 Å². The SMILES string of the molecule is CC1CCCC1NC(=O)NCc1ccccc1OCCO. The minimum absolute atomic E-state index is 0.0260. The molecule has 5 nitrogen and oxygen atoms in total. The second kappa shape index (κ2) is 7.88. The number of hydrogen-bond donors (Lipinski definition) is 3. The molecular weight excluding hydrogens is 268 g/mol. The molecule has 0 radical (unpaired) electrons. The van der Waals surface area contributed by atoms with Gasteiger partial charge in [0.1, 0.15) is 12.4 Å². The Hall–Kier alpha value is -1.75. The monoisotopic (exact) mass is 292 g/mol. The number of ether oxygens (including phenoxy) is 1. The zero-order valence-electron chi connectivity index (χ0n) is 12.5. The van der Waals surface area contributed by atoms with E-state index in [2.05, 4.69) is 17.6 Å². The predicted molar refractivity (Wildman–Crippen MR) is 81.2 cm³/mol. The van der Waals surface area contributed by atoms with Gasteiger partial charge < -0.3 is 20.5 Å². The van der Waals surface area contributed by atoms with E-state index in [0.29, 0.717) is 18.2 Å². The Bertz CT molecular complexity index is 465. The number of aliphatic hydroxyl groups excluding tert-OH is 1. The largest absolute Gasteiger partial charge is 0.491 e. The van der Waals surface area contributed by atoms with Crippen LogP contribution in [0.4, 0.5) is 4.79 Å². The Labute approximate surface area is 125 Å². The van der Waals surface area contributed by atoms with E-state index in [0.717, 1.165) is 12.0 Å². The summed E-state index contributed by atoms with van der Waals surface area (Å²) in [7, 11) is 0. The summed E-state index contributed by atoms with van der Waals surface area (Å²) >= 11 is 0. The average Bonchev–Trinajstić information content (AvgIpc) is 2.89. The molecule has 0 saturated heterocycles. The van der Waals surface area contributed by atoms with Gasteiger partial charge >= 0.3 is 6.03 Å². The van der Waals surface area contributed by atoms with Crippen molar-refractivity contribution in [2.24, 2.45) is 5.92 Å². The van der Waals surface area contributed by atoms with Gasteiger partial charge in [-0.2, -0.15) is 0 Å². The van der Waals surface area contributed by atoms with Gasteiger partial charge in [0.05, 0.1) is 6.61 Å². The van der Waals surface area contributed by atoms with E-state index in [1.54, 1.807) is 0 Å². The van der Waals surface area contributed by atoms with Gasteiger partial charge in [-0.05, 0) is 24.8 Å².